The fourth-order valence-electron chi connectivity index (χ4n) is 3.23. The number of nitrogens with one attached hydrogen (secondary N) is 1. The number of nitrogens with zero attached hydrogens (tertiary/aromatic N) is 4. The van der Waals surface area contributed by atoms with Crippen molar-refractivity contribution in [3.63, 3.8) is 0 Å². The number of hydrogen-bond acceptors (Lipinski definition) is 6. The highest BCUT2D eigenvalue weighted by atomic mass is 16.5. The van der Waals surface area contributed by atoms with Gasteiger partial charge in [-0.05, 0) is 50.9 Å². The highest BCUT2D eigenvalue weighted by Crippen LogP contribution is 2.19. The van der Waals surface area contributed by atoms with Crippen LogP contribution in [0.15, 0.2) is 28.9 Å². The fourth-order valence-corrected chi connectivity index (χ4v) is 3.23. The Morgan fingerprint density at radius 1 is 1.25 bits per heavy atom. The van der Waals surface area contributed by atoms with E-state index in [0.29, 0.717) is 17.8 Å². The molecule has 0 bridgehead atoms. The van der Waals surface area contributed by atoms with Crippen molar-refractivity contribution < 1.29 is 4.52 Å². The first-order valence-corrected chi connectivity index (χ1v) is 8.85. The quantitative estimate of drug-likeness (QED) is 0.879. The minimum atomic E-state index is 0.0524. The molecule has 1 atom stereocenters. The summed E-state index contributed by atoms with van der Waals surface area (Å²) in [4.78, 5) is 11.3. The van der Waals surface area contributed by atoms with Gasteiger partial charge in [0.15, 0.2) is 0 Å². The molecule has 6 heteroatoms. The van der Waals surface area contributed by atoms with Gasteiger partial charge >= 0.3 is 0 Å². The molecule has 1 aliphatic heterocycles. The van der Waals surface area contributed by atoms with Gasteiger partial charge < -0.3 is 14.7 Å². The minimum absolute atomic E-state index is 0.0524. The normalized spacial score (nSPS) is 18.2. The van der Waals surface area contributed by atoms with Crippen molar-refractivity contribution >= 4 is 0 Å². The molecule has 1 unspecified atom stereocenters. The zero-order chi connectivity index (χ0) is 16.9. The molecule has 0 aromatic carbocycles. The average molecular weight is 329 g/mol. The summed E-state index contributed by atoms with van der Waals surface area (Å²) in [7, 11) is 0. The Kier molecular flexibility index (Phi) is 5.58. The maximum Gasteiger partial charge on any atom is 0.243 e. The summed E-state index contributed by atoms with van der Waals surface area (Å²) in [5.74, 6) is 1.91. The van der Waals surface area contributed by atoms with Gasteiger partial charge in [0, 0.05) is 18.8 Å². The fraction of sp³-hybridized carbons (Fsp3) is 0.611. The van der Waals surface area contributed by atoms with Crippen molar-refractivity contribution in [2.45, 2.75) is 45.7 Å². The van der Waals surface area contributed by atoms with Gasteiger partial charge in [-0.25, -0.2) is 0 Å². The third-order valence-electron chi connectivity index (χ3n) is 4.40. The average Bonchev–Trinajstić information content (AvgIpc) is 3.07. The van der Waals surface area contributed by atoms with E-state index in [4.69, 9.17) is 4.52 Å². The molecule has 3 rings (SSSR count). The summed E-state index contributed by atoms with van der Waals surface area (Å²) in [6, 6.07) is 6.24. The second-order valence-electron chi connectivity index (χ2n) is 7.03. The number of pyridine rings is 1. The lowest BCUT2D eigenvalue weighted by atomic mass is 10.0. The maximum absolute atomic E-state index is 5.42. The number of likely N-dealkylation sites (tertiary alicyclic amines) is 1. The number of aromatic nitrogens is 3. The van der Waals surface area contributed by atoms with Crippen molar-refractivity contribution in [1.82, 2.24) is 25.3 Å². The minimum Gasteiger partial charge on any atom is -0.337 e. The van der Waals surface area contributed by atoms with Crippen LogP contribution in [0.5, 0.6) is 0 Å². The smallest absolute Gasteiger partial charge is 0.243 e. The Morgan fingerprint density at radius 2 is 2.04 bits per heavy atom. The Labute approximate surface area is 143 Å². The van der Waals surface area contributed by atoms with Crippen LogP contribution < -0.4 is 5.32 Å². The second kappa shape index (κ2) is 7.85. The molecule has 1 aliphatic rings. The molecule has 1 N–H and O–H groups in total. The van der Waals surface area contributed by atoms with E-state index in [1.54, 1.807) is 6.20 Å². The first-order valence-electron chi connectivity index (χ1n) is 8.85. The second-order valence-corrected chi connectivity index (χ2v) is 7.03. The van der Waals surface area contributed by atoms with E-state index >= 15 is 0 Å². The van der Waals surface area contributed by atoms with Crippen LogP contribution in [0.25, 0.3) is 11.5 Å². The van der Waals surface area contributed by atoms with Crippen LogP contribution in [0.2, 0.25) is 0 Å². The summed E-state index contributed by atoms with van der Waals surface area (Å²) >= 11 is 0. The zero-order valence-electron chi connectivity index (χ0n) is 14.8. The van der Waals surface area contributed by atoms with E-state index in [9.17, 15) is 0 Å². The van der Waals surface area contributed by atoms with Crippen LogP contribution in [0.3, 0.4) is 0 Å². The van der Waals surface area contributed by atoms with Gasteiger partial charge in [0.2, 0.25) is 11.7 Å². The monoisotopic (exact) mass is 329 g/mol. The maximum atomic E-state index is 5.42. The van der Waals surface area contributed by atoms with Crippen LogP contribution >= 0.6 is 0 Å². The van der Waals surface area contributed by atoms with Crippen molar-refractivity contribution in [3.05, 3.63) is 30.3 Å². The molecule has 24 heavy (non-hydrogen) atoms. The van der Waals surface area contributed by atoms with Crippen LogP contribution in [0.4, 0.5) is 0 Å². The first kappa shape index (κ1) is 17.0. The van der Waals surface area contributed by atoms with Gasteiger partial charge in [0.25, 0.3) is 0 Å². The third kappa shape index (κ3) is 4.39. The molecule has 0 radical (unpaired) electrons. The van der Waals surface area contributed by atoms with Crippen molar-refractivity contribution in [1.29, 1.82) is 0 Å². The molecule has 1 fully saturated rings. The van der Waals surface area contributed by atoms with Crippen molar-refractivity contribution in [2.24, 2.45) is 5.92 Å². The van der Waals surface area contributed by atoms with E-state index in [0.717, 1.165) is 37.5 Å². The molecule has 0 spiro atoms. The highest BCUT2D eigenvalue weighted by Gasteiger charge is 2.23. The number of rotatable bonds is 6. The van der Waals surface area contributed by atoms with Gasteiger partial charge in [-0.3, -0.25) is 4.98 Å². The molecular formula is C18H27N5O. The van der Waals surface area contributed by atoms with E-state index in [1.165, 1.54) is 6.54 Å². The van der Waals surface area contributed by atoms with Gasteiger partial charge in [0.1, 0.15) is 5.69 Å². The van der Waals surface area contributed by atoms with E-state index < -0.39 is 0 Å². The molecule has 3 heterocycles. The Balaban J connectivity index is 1.53. The summed E-state index contributed by atoms with van der Waals surface area (Å²) in [6.45, 7) is 10.1. The molecule has 0 amide bonds. The predicted octanol–water partition coefficient (Wildman–Crippen LogP) is 2.90. The van der Waals surface area contributed by atoms with Gasteiger partial charge in [-0.1, -0.05) is 25.1 Å². The molecule has 1 saturated heterocycles. The van der Waals surface area contributed by atoms with Gasteiger partial charge in [0.05, 0.1) is 6.04 Å². The Bertz CT molecular complexity index is 619. The third-order valence-corrected chi connectivity index (χ3v) is 4.40. The van der Waals surface area contributed by atoms with Gasteiger partial charge in [-0.2, -0.15) is 4.98 Å². The van der Waals surface area contributed by atoms with Crippen molar-refractivity contribution in [3.8, 4) is 11.5 Å². The molecule has 130 valence electrons. The summed E-state index contributed by atoms with van der Waals surface area (Å²) in [6.07, 6.45) is 4.06. The number of piperidine rings is 1. The summed E-state index contributed by atoms with van der Waals surface area (Å²) < 4.78 is 5.42. The summed E-state index contributed by atoms with van der Waals surface area (Å²) in [5, 5.41) is 7.68. The zero-order valence-corrected chi connectivity index (χ0v) is 14.8. The predicted molar refractivity (Wildman–Crippen MR) is 93.4 cm³/mol. The lowest BCUT2D eigenvalue weighted by Crippen LogP contribution is -2.44. The van der Waals surface area contributed by atoms with Crippen molar-refractivity contribution in [2.75, 3.05) is 19.6 Å². The largest absolute Gasteiger partial charge is 0.337 e. The van der Waals surface area contributed by atoms with E-state index in [-0.39, 0.29) is 6.04 Å². The highest BCUT2D eigenvalue weighted by molar-refractivity contribution is 5.47. The van der Waals surface area contributed by atoms with Crippen LogP contribution in [-0.4, -0.2) is 45.7 Å². The lowest BCUT2D eigenvalue weighted by Gasteiger charge is -2.34. The van der Waals surface area contributed by atoms with Crippen LogP contribution in [-0.2, 0) is 0 Å². The molecule has 2 aromatic heterocycles. The van der Waals surface area contributed by atoms with E-state index in [2.05, 4.69) is 46.1 Å². The van der Waals surface area contributed by atoms with Crippen LogP contribution in [0, 0.1) is 5.92 Å². The molecule has 6 nitrogen and oxygen atoms in total. The SMILES string of the molecule is CC(C)CN1CCC(NC(C)c2nc(-c3ccccn3)no2)CC1. The lowest BCUT2D eigenvalue weighted by molar-refractivity contribution is 0.171. The molecular weight excluding hydrogens is 302 g/mol. The summed E-state index contributed by atoms with van der Waals surface area (Å²) in [5.41, 5.74) is 0.738. The number of hydrogen-bond donors (Lipinski definition) is 1. The Hall–Kier alpha value is -1.79. The van der Waals surface area contributed by atoms with Gasteiger partial charge in [-0.15, -0.1) is 0 Å². The first-order chi connectivity index (χ1) is 11.6. The Morgan fingerprint density at radius 3 is 2.71 bits per heavy atom. The molecule has 0 aliphatic carbocycles. The molecule has 0 saturated carbocycles. The van der Waals surface area contributed by atoms with E-state index in [1.807, 2.05) is 18.2 Å². The topological polar surface area (TPSA) is 67.1 Å². The van der Waals surface area contributed by atoms with Crippen LogP contribution in [0.1, 0.15) is 45.5 Å². The molecule has 2 aromatic rings. The standard InChI is InChI=1S/C18H27N5O/c1-13(2)12-23-10-7-15(8-11-23)20-14(3)18-21-17(22-24-18)16-6-4-5-9-19-16/h4-6,9,13-15,20H,7-8,10-12H2,1-3H3.